The Hall–Kier alpha value is -2.61. The molecule has 5 nitrogen and oxygen atoms in total. The van der Waals surface area contributed by atoms with E-state index >= 15 is 0 Å². The number of rotatable bonds is 5. The third-order valence-electron chi connectivity index (χ3n) is 3.25. The van der Waals surface area contributed by atoms with Crippen molar-refractivity contribution in [2.24, 2.45) is 13.0 Å². The number of hydrogen-bond acceptors (Lipinski definition) is 3. The molecular formula is C16H18N4O. The second kappa shape index (κ2) is 6.71. The predicted molar refractivity (Wildman–Crippen MR) is 80.5 cm³/mol. The van der Waals surface area contributed by atoms with Crippen LogP contribution in [0.5, 0.6) is 0 Å². The first-order chi connectivity index (χ1) is 10.1. The normalized spacial score (nSPS) is 11.7. The second-order valence-electron chi connectivity index (χ2n) is 4.88. The lowest BCUT2D eigenvalue weighted by atomic mass is 10.00. The van der Waals surface area contributed by atoms with Crippen LogP contribution in [0, 0.1) is 17.2 Å². The summed E-state index contributed by atoms with van der Waals surface area (Å²) in [4.78, 5) is 12.3. The summed E-state index contributed by atoms with van der Waals surface area (Å²) < 4.78 is 1.66. The summed E-state index contributed by atoms with van der Waals surface area (Å²) in [6.45, 7) is 1.98. The first-order valence-corrected chi connectivity index (χ1v) is 6.91. The minimum Gasteiger partial charge on any atom is -0.322 e. The zero-order valence-corrected chi connectivity index (χ0v) is 12.2. The largest absolute Gasteiger partial charge is 0.322 e. The van der Waals surface area contributed by atoms with E-state index < -0.39 is 5.92 Å². The molecule has 0 spiro atoms. The molecule has 21 heavy (non-hydrogen) atoms. The van der Waals surface area contributed by atoms with Gasteiger partial charge in [0.2, 0.25) is 5.91 Å². The van der Waals surface area contributed by atoms with Crippen LogP contribution >= 0.6 is 0 Å². The highest BCUT2D eigenvalue weighted by Crippen LogP contribution is 2.16. The van der Waals surface area contributed by atoms with Gasteiger partial charge in [-0.25, -0.2) is 0 Å². The van der Waals surface area contributed by atoms with Gasteiger partial charge in [0, 0.05) is 13.2 Å². The Bertz CT molecular complexity index is 655. The van der Waals surface area contributed by atoms with Gasteiger partial charge in [-0.3, -0.25) is 9.48 Å². The minimum atomic E-state index is -0.711. The smallest absolute Gasteiger partial charge is 0.242 e. The Morgan fingerprint density at radius 3 is 2.76 bits per heavy atom. The summed E-state index contributed by atoms with van der Waals surface area (Å²) in [7, 11) is 1.81. The number of carbonyl (C=O) groups excluding carboxylic acids is 1. The quantitative estimate of drug-likeness (QED) is 0.914. The van der Waals surface area contributed by atoms with E-state index in [0.717, 1.165) is 17.7 Å². The predicted octanol–water partition coefficient (Wildman–Crippen LogP) is 2.30. The maximum atomic E-state index is 12.3. The minimum absolute atomic E-state index is 0.288. The Morgan fingerprint density at radius 2 is 2.14 bits per heavy atom. The fourth-order valence-corrected chi connectivity index (χ4v) is 2.17. The lowest BCUT2D eigenvalue weighted by Gasteiger charge is -2.10. The highest BCUT2D eigenvalue weighted by molar-refractivity contribution is 5.94. The molecule has 1 unspecified atom stereocenters. The van der Waals surface area contributed by atoms with Crippen molar-refractivity contribution in [2.45, 2.75) is 19.8 Å². The van der Waals surface area contributed by atoms with Crippen LogP contribution in [0.3, 0.4) is 0 Å². The van der Waals surface area contributed by atoms with Crippen LogP contribution in [-0.4, -0.2) is 15.7 Å². The number of aryl methyl sites for hydroxylation is 2. The summed E-state index contributed by atoms with van der Waals surface area (Å²) in [6, 6.07) is 11.6. The maximum Gasteiger partial charge on any atom is 0.242 e. The molecule has 2 aromatic rings. The molecule has 0 saturated heterocycles. The summed E-state index contributed by atoms with van der Waals surface area (Å²) in [5, 5.41) is 16.3. The van der Waals surface area contributed by atoms with Crippen LogP contribution < -0.4 is 5.32 Å². The average Bonchev–Trinajstić information content (AvgIpc) is 2.85. The Kier molecular flexibility index (Phi) is 4.72. The van der Waals surface area contributed by atoms with Gasteiger partial charge in [-0.1, -0.05) is 37.3 Å². The van der Waals surface area contributed by atoms with Crippen molar-refractivity contribution in [3.8, 4) is 6.07 Å². The van der Waals surface area contributed by atoms with Gasteiger partial charge in [-0.2, -0.15) is 10.4 Å². The molecule has 1 heterocycles. The van der Waals surface area contributed by atoms with Gasteiger partial charge in [-0.05, 0) is 18.4 Å². The zero-order chi connectivity index (χ0) is 15.2. The number of carbonyl (C=O) groups is 1. The molecule has 0 saturated carbocycles. The van der Waals surface area contributed by atoms with Gasteiger partial charge in [0.15, 0.2) is 0 Å². The Labute approximate surface area is 124 Å². The zero-order valence-electron chi connectivity index (χ0n) is 12.2. The molecule has 1 aromatic carbocycles. The van der Waals surface area contributed by atoms with Gasteiger partial charge in [0.25, 0.3) is 0 Å². The van der Waals surface area contributed by atoms with Crippen molar-refractivity contribution in [1.29, 1.82) is 5.26 Å². The van der Waals surface area contributed by atoms with E-state index in [0.29, 0.717) is 12.1 Å². The standard InChI is InChI=1S/C16H18N4O/c1-3-14-15(11-20(2)19-14)18-16(21)13(10-17)9-12-7-5-4-6-8-12/h4-8,11,13H,3,9H2,1-2H3,(H,18,21). The molecule has 1 amide bonds. The SMILES string of the molecule is CCc1nn(C)cc1NC(=O)C(C#N)Cc1ccccc1. The number of aromatic nitrogens is 2. The molecule has 5 heteroatoms. The molecule has 0 fully saturated rings. The Morgan fingerprint density at radius 1 is 1.43 bits per heavy atom. The fraction of sp³-hybridized carbons (Fsp3) is 0.312. The van der Waals surface area contributed by atoms with Crippen molar-refractivity contribution in [1.82, 2.24) is 9.78 Å². The summed E-state index contributed by atoms with van der Waals surface area (Å²) in [5.41, 5.74) is 2.47. The highest BCUT2D eigenvalue weighted by atomic mass is 16.1. The van der Waals surface area contributed by atoms with Gasteiger partial charge < -0.3 is 5.32 Å². The summed E-state index contributed by atoms with van der Waals surface area (Å²) in [5.74, 6) is -0.999. The van der Waals surface area contributed by atoms with Gasteiger partial charge >= 0.3 is 0 Å². The topological polar surface area (TPSA) is 70.7 Å². The molecule has 1 atom stereocenters. The van der Waals surface area contributed by atoms with E-state index in [4.69, 9.17) is 0 Å². The molecule has 0 aliphatic heterocycles. The van der Waals surface area contributed by atoms with Gasteiger partial charge in [0.05, 0.1) is 17.5 Å². The van der Waals surface area contributed by atoms with E-state index in [2.05, 4.69) is 16.5 Å². The van der Waals surface area contributed by atoms with Crippen LogP contribution in [0.1, 0.15) is 18.2 Å². The first kappa shape index (κ1) is 14.8. The third kappa shape index (κ3) is 3.69. The lowest BCUT2D eigenvalue weighted by Crippen LogP contribution is -2.23. The van der Waals surface area contributed by atoms with Crippen molar-refractivity contribution in [3.05, 3.63) is 47.8 Å². The van der Waals surface area contributed by atoms with Crippen LogP contribution in [0.2, 0.25) is 0 Å². The number of nitrogens with zero attached hydrogens (tertiary/aromatic N) is 3. The van der Waals surface area contributed by atoms with Crippen molar-refractivity contribution >= 4 is 11.6 Å². The van der Waals surface area contributed by atoms with E-state index in [9.17, 15) is 10.1 Å². The maximum absolute atomic E-state index is 12.3. The monoisotopic (exact) mass is 282 g/mol. The number of hydrogen-bond donors (Lipinski definition) is 1. The van der Waals surface area contributed by atoms with Crippen molar-refractivity contribution < 1.29 is 4.79 Å². The average molecular weight is 282 g/mol. The third-order valence-corrected chi connectivity index (χ3v) is 3.25. The molecule has 108 valence electrons. The Balaban J connectivity index is 2.08. The number of anilines is 1. The van der Waals surface area contributed by atoms with E-state index in [1.54, 1.807) is 17.9 Å². The molecule has 0 aliphatic carbocycles. The summed E-state index contributed by atoms with van der Waals surface area (Å²) >= 11 is 0. The molecule has 1 aromatic heterocycles. The highest BCUT2D eigenvalue weighted by Gasteiger charge is 2.20. The first-order valence-electron chi connectivity index (χ1n) is 6.91. The van der Waals surface area contributed by atoms with Crippen LogP contribution in [-0.2, 0) is 24.7 Å². The molecular weight excluding hydrogens is 264 g/mol. The molecule has 0 radical (unpaired) electrons. The fourth-order valence-electron chi connectivity index (χ4n) is 2.17. The number of amides is 1. The van der Waals surface area contributed by atoms with Gasteiger partial charge in [-0.15, -0.1) is 0 Å². The number of nitriles is 1. The second-order valence-corrected chi connectivity index (χ2v) is 4.88. The van der Waals surface area contributed by atoms with Crippen LogP contribution in [0.15, 0.2) is 36.5 Å². The lowest BCUT2D eigenvalue weighted by molar-refractivity contribution is -0.118. The molecule has 2 rings (SSSR count). The number of nitrogens with one attached hydrogen (secondary N) is 1. The van der Waals surface area contributed by atoms with E-state index in [-0.39, 0.29) is 5.91 Å². The summed E-state index contributed by atoms with van der Waals surface area (Å²) in [6.07, 6.45) is 2.89. The van der Waals surface area contributed by atoms with Crippen LogP contribution in [0.25, 0.3) is 0 Å². The van der Waals surface area contributed by atoms with E-state index in [1.165, 1.54) is 0 Å². The molecule has 0 bridgehead atoms. The van der Waals surface area contributed by atoms with Crippen LogP contribution in [0.4, 0.5) is 5.69 Å². The van der Waals surface area contributed by atoms with Crippen molar-refractivity contribution in [2.75, 3.05) is 5.32 Å². The van der Waals surface area contributed by atoms with E-state index in [1.807, 2.05) is 37.3 Å². The molecule has 1 N–H and O–H groups in total. The number of benzene rings is 1. The van der Waals surface area contributed by atoms with Gasteiger partial charge in [0.1, 0.15) is 5.92 Å². The van der Waals surface area contributed by atoms with Crippen molar-refractivity contribution in [3.63, 3.8) is 0 Å². The molecule has 0 aliphatic rings.